The van der Waals surface area contributed by atoms with Gasteiger partial charge in [0.2, 0.25) is 0 Å². The number of rotatable bonds is 5. The van der Waals surface area contributed by atoms with Gasteiger partial charge in [0.05, 0.1) is 24.0 Å². The highest BCUT2D eigenvalue weighted by atomic mass is 16.3. The van der Waals surface area contributed by atoms with Crippen molar-refractivity contribution in [2.75, 3.05) is 0 Å². The van der Waals surface area contributed by atoms with E-state index >= 15 is 0 Å². The number of carbonyl (C=O) groups excluding carboxylic acids is 1. The summed E-state index contributed by atoms with van der Waals surface area (Å²) in [5.41, 5.74) is 1.30. The highest BCUT2D eigenvalue weighted by molar-refractivity contribution is 6.00. The zero-order valence-electron chi connectivity index (χ0n) is 14.2. The van der Waals surface area contributed by atoms with E-state index in [1.165, 1.54) is 0 Å². The molecule has 1 saturated carbocycles. The predicted octanol–water partition coefficient (Wildman–Crippen LogP) is 1.84. The van der Waals surface area contributed by atoms with Crippen LogP contribution in [0.2, 0.25) is 0 Å². The van der Waals surface area contributed by atoms with Crippen molar-refractivity contribution in [3.05, 3.63) is 60.9 Å². The van der Waals surface area contributed by atoms with Gasteiger partial charge in [0, 0.05) is 36.9 Å². The first kappa shape index (κ1) is 16.5. The summed E-state index contributed by atoms with van der Waals surface area (Å²) in [5, 5.41) is 13.4. The molecule has 1 amide bonds. The summed E-state index contributed by atoms with van der Waals surface area (Å²) in [5.74, 6) is 0.773. The molecule has 4 rings (SSSR count). The lowest BCUT2D eigenvalue weighted by atomic mass is 10.1. The number of aromatic nitrogens is 4. The van der Waals surface area contributed by atoms with Crippen molar-refractivity contribution >= 4 is 5.91 Å². The maximum absolute atomic E-state index is 12.8. The number of H-pyrrole nitrogens is 1. The summed E-state index contributed by atoms with van der Waals surface area (Å²) in [6.45, 7) is 0.798. The fourth-order valence-electron chi connectivity index (χ4n) is 3.66. The Bertz CT molecular complexity index is 860. The maximum atomic E-state index is 12.8. The number of amides is 1. The largest absolute Gasteiger partial charge is 0.391 e. The Kier molecular flexibility index (Phi) is 4.53. The molecule has 1 aromatic carbocycles. The van der Waals surface area contributed by atoms with E-state index in [4.69, 9.17) is 0 Å². The number of nitrogens with zero attached hydrogens (tertiary/aromatic N) is 3. The van der Waals surface area contributed by atoms with E-state index in [1.807, 2.05) is 29.0 Å². The van der Waals surface area contributed by atoms with Gasteiger partial charge in [0.25, 0.3) is 5.91 Å². The number of aliphatic hydroxyl groups excluding tert-OH is 1. The topological polar surface area (TPSA) is 95.8 Å². The molecule has 0 saturated heterocycles. The van der Waals surface area contributed by atoms with Crippen molar-refractivity contribution in [2.24, 2.45) is 5.92 Å². The molecule has 1 aliphatic carbocycles. The minimum atomic E-state index is -0.539. The Morgan fingerprint density at radius 1 is 1.31 bits per heavy atom. The molecule has 0 aliphatic heterocycles. The Morgan fingerprint density at radius 3 is 2.96 bits per heavy atom. The maximum Gasteiger partial charge on any atom is 0.252 e. The molecule has 1 aliphatic rings. The van der Waals surface area contributed by atoms with E-state index in [2.05, 4.69) is 20.3 Å². The fourth-order valence-corrected chi connectivity index (χ4v) is 3.66. The Balaban J connectivity index is 1.45. The van der Waals surface area contributed by atoms with Gasteiger partial charge in [0.15, 0.2) is 0 Å². The summed E-state index contributed by atoms with van der Waals surface area (Å²) in [7, 11) is 0. The van der Waals surface area contributed by atoms with Crippen molar-refractivity contribution in [1.29, 1.82) is 0 Å². The van der Waals surface area contributed by atoms with E-state index < -0.39 is 6.10 Å². The van der Waals surface area contributed by atoms with Crippen LogP contribution in [0.4, 0.5) is 0 Å². The molecule has 1 fully saturated rings. The average molecular weight is 351 g/mol. The molecule has 134 valence electrons. The van der Waals surface area contributed by atoms with E-state index in [-0.39, 0.29) is 11.9 Å². The molecule has 2 aromatic heterocycles. The average Bonchev–Trinajstić information content (AvgIpc) is 3.39. The Morgan fingerprint density at radius 2 is 2.19 bits per heavy atom. The SMILES string of the molecule is O=C(N[C@@H]1CC(Cn2ccnc2)C[C@H]1O)c1ccccc1-c1ncc[nH]1. The lowest BCUT2D eigenvalue weighted by Crippen LogP contribution is -2.40. The third-order valence-corrected chi connectivity index (χ3v) is 4.90. The highest BCUT2D eigenvalue weighted by Gasteiger charge is 2.34. The molecule has 0 radical (unpaired) electrons. The van der Waals surface area contributed by atoms with Crippen LogP contribution in [-0.4, -0.2) is 42.7 Å². The summed E-state index contributed by atoms with van der Waals surface area (Å²) in [6, 6.07) is 7.09. The number of imidazole rings is 2. The first-order valence-corrected chi connectivity index (χ1v) is 8.74. The van der Waals surface area contributed by atoms with Gasteiger partial charge in [-0.25, -0.2) is 9.97 Å². The number of aromatic amines is 1. The standard InChI is InChI=1S/C19H21N5O2/c25-17-10-13(11-24-8-7-20-12-24)9-16(17)23-19(26)15-4-2-1-3-14(15)18-21-5-6-22-18/h1-8,12-13,16-17,25H,9-11H2,(H,21,22)(H,23,26)/t13?,16-,17-/m1/s1. The van der Waals surface area contributed by atoms with Gasteiger partial charge < -0.3 is 20.0 Å². The molecule has 3 N–H and O–H groups in total. The van der Waals surface area contributed by atoms with Gasteiger partial charge in [-0.05, 0) is 24.8 Å². The third kappa shape index (κ3) is 3.39. The van der Waals surface area contributed by atoms with E-state index in [0.29, 0.717) is 23.7 Å². The first-order valence-electron chi connectivity index (χ1n) is 8.74. The van der Waals surface area contributed by atoms with Crippen molar-refractivity contribution in [3.8, 4) is 11.4 Å². The molecule has 7 heteroatoms. The Labute approximate surface area is 151 Å². The lowest BCUT2D eigenvalue weighted by Gasteiger charge is -2.17. The molecular formula is C19H21N5O2. The number of aliphatic hydroxyl groups is 1. The van der Waals surface area contributed by atoms with Gasteiger partial charge in [-0.2, -0.15) is 0 Å². The van der Waals surface area contributed by atoms with Crippen molar-refractivity contribution in [2.45, 2.75) is 31.5 Å². The van der Waals surface area contributed by atoms with Crippen LogP contribution >= 0.6 is 0 Å². The van der Waals surface area contributed by atoms with Crippen molar-refractivity contribution < 1.29 is 9.90 Å². The highest BCUT2D eigenvalue weighted by Crippen LogP contribution is 2.28. The molecule has 3 aromatic rings. The molecule has 0 spiro atoms. The first-order chi connectivity index (χ1) is 12.7. The van der Waals surface area contributed by atoms with Crippen LogP contribution < -0.4 is 5.32 Å². The number of carbonyl (C=O) groups is 1. The smallest absolute Gasteiger partial charge is 0.252 e. The molecule has 1 unspecified atom stereocenters. The Hall–Kier alpha value is -2.93. The molecule has 7 nitrogen and oxygen atoms in total. The van der Waals surface area contributed by atoms with E-state index in [1.54, 1.807) is 31.0 Å². The van der Waals surface area contributed by atoms with Gasteiger partial charge in [0.1, 0.15) is 5.82 Å². The van der Waals surface area contributed by atoms with Crippen LogP contribution in [0.1, 0.15) is 23.2 Å². The number of hydrogen-bond donors (Lipinski definition) is 3. The van der Waals surface area contributed by atoms with E-state index in [9.17, 15) is 9.90 Å². The number of hydrogen-bond acceptors (Lipinski definition) is 4. The zero-order chi connectivity index (χ0) is 17.9. The molecule has 3 atom stereocenters. The minimum Gasteiger partial charge on any atom is -0.391 e. The van der Waals surface area contributed by atoms with Crippen LogP contribution in [0.5, 0.6) is 0 Å². The summed E-state index contributed by atoms with van der Waals surface area (Å²) < 4.78 is 2.01. The van der Waals surface area contributed by atoms with Crippen LogP contribution in [0, 0.1) is 5.92 Å². The van der Waals surface area contributed by atoms with Gasteiger partial charge in [-0.15, -0.1) is 0 Å². The monoisotopic (exact) mass is 351 g/mol. The second-order valence-electron chi connectivity index (χ2n) is 6.73. The lowest BCUT2D eigenvalue weighted by molar-refractivity contribution is 0.0873. The van der Waals surface area contributed by atoms with Gasteiger partial charge >= 0.3 is 0 Å². The van der Waals surface area contributed by atoms with Crippen molar-refractivity contribution in [1.82, 2.24) is 24.8 Å². The number of benzene rings is 1. The summed E-state index contributed by atoms with van der Waals surface area (Å²) in [6.07, 6.45) is 9.70. The molecule has 26 heavy (non-hydrogen) atoms. The molecule has 2 heterocycles. The van der Waals surface area contributed by atoms with E-state index in [0.717, 1.165) is 18.5 Å². The summed E-state index contributed by atoms with van der Waals surface area (Å²) in [4.78, 5) is 24.1. The fraction of sp³-hybridized carbons (Fsp3) is 0.316. The van der Waals surface area contributed by atoms with Gasteiger partial charge in [-0.1, -0.05) is 18.2 Å². The zero-order valence-corrected chi connectivity index (χ0v) is 14.2. The van der Waals surface area contributed by atoms with Crippen LogP contribution in [-0.2, 0) is 6.54 Å². The minimum absolute atomic E-state index is 0.190. The number of nitrogens with one attached hydrogen (secondary N) is 2. The molecule has 0 bridgehead atoms. The second kappa shape index (κ2) is 7.13. The predicted molar refractivity (Wildman–Crippen MR) is 96.2 cm³/mol. The van der Waals surface area contributed by atoms with Gasteiger partial charge in [-0.3, -0.25) is 4.79 Å². The normalized spacial score (nSPS) is 22.4. The van der Waals surface area contributed by atoms with Crippen LogP contribution in [0.25, 0.3) is 11.4 Å². The second-order valence-corrected chi connectivity index (χ2v) is 6.73. The third-order valence-electron chi connectivity index (χ3n) is 4.90. The molecular weight excluding hydrogens is 330 g/mol. The van der Waals surface area contributed by atoms with Crippen LogP contribution in [0.3, 0.4) is 0 Å². The quantitative estimate of drug-likeness (QED) is 0.653. The van der Waals surface area contributed by atoms with Crippen LogP contribution in [0.15, 0.2) is 55.4 Å². The van der Waals surface area contributed by atoms with Crippen molar-refractivity contribution in [3.63, 3.8) is 0 Å². The summed E-state index contributed by atoms with van der Waals surface area (Å²) >= 11 is 0.